The Morgan fingerprint density at radius 2 is 2.42 bits per heavy atom. The van der Waals surface area contributed by atoms with Gasteiger partial charge in [-0.1, -0.05) is 6.92 Å². The Labute approximate surface area is 83.8 Å². The van der Waals surface area contributed by atoms with E-state index in [1.54, 1.807) is 0 Å². The highest BCUT2D eigenvalue weighted by Gasteiger charge is 2.03. The van der Waals surface area contributed by atoms with Gasteiger partial charge in [-0.15, -0.1) is 11.8 Å². The second-order valence-electron chi connectivity index (χ2n) is 2.29. The van der Waals surface area contributed by atoms with E-state index in [2.05, 4.69) is 25.9 Å². The van der Waals surface area contributed by atoms with Crippen LogP contribution in [0.15, 0.2) is 22.0 Å². The van der Waals surface area contributed by atoms with Crippen LogP contribution in [-0.4, -0.2) is 26.9 Å². The Morgan fingerprint density at radius 1 is 1.67 bits per heavy atom. The second kappa shape index (κ2) is 4.79. The van der Waals surface area contributed by atoms with Gasteiger partial charge in [0.1, 0.15) is 16.0 Å². The molecule has 0 radical (unpaired) electrons. The van der Waals surface area contributed by atoms with Crippen molar-refractivity contribution in [1.82, 2.24) is 9.97 Å². The minimum absolute atomic E-state index is 0.159. The summed E-state index contributed by atoms with van der Waals surface area (Å²) in [5.74, 6) is 0. The van der Waals surface area contributed by atoms with Crippen LogP contribution in [0, 0.1) is 0 Å². The predicted molar refractivity (Wildman–Crippen MR) is 52.1 cm³/mol. The maximum atomic E-state index is 8.79. The molecule has 5 heteroatoms. The van der Waals surface area contributed by atoms with E-state index >= 15 is 0 Å². The summed E-state index contributed by atoms with van der Waals surface area (Å²) in [5.41, 5.74) is 0. The molecule has 1 N–H and O–H groups in total. The van der Waals surface area contributed by atoms with E-state index in [-0.39, 0.29) is 11.9 Å². The zero-order valence-corrected chi connectivity index (χ0v) is 8.97. The van der Waals surface area contributed by atoms with Crippen LogP contribution in [-0.2, 0) is 0 Å². The molecule has 66 valence electrons. The summed E-state index contributed by atoms with van der Waals surface area (Å²) in [7, 11) is 0. The summed E-state index contributed by atoms with van der Waals surface area (Å²) in [4.78, 5) is 7.94. The molecule has 1 rings (SSSR count). The van der Waals surface area contributed by atoms with Crippen LogP contribution in [0.2, 0.25) is 0 Å². The summed E-state index contributed by atoms with van der Waals surface area (Å²) in [6.45, 7) is 2.10. The van der Waals surface area contributed by atoms with Crippen LogP contribution in [0.4, 0.5) is 0 Å². The standard InChI is InChI=1S/C7H9BrN2OS/c1-5(3-11)12-7-2-6(8)9-4-10-7/h2,4-5,11H,3H2,1H3. The minimum Gasteiger partial charge on any atom is -0.395 e. The topological polar surface area (TPSA) is 46.0 Å². The number of aromatic nitrogens is 2. The fraction of sp³-hybridized carbons (Fsp3) is 0.429. The van der Waals surface area contributed by atoms with E-state index in [4.69, 9.17) is 5.11 Å². The van der Waals surface area contributed by atoms with Crippen LogP contribution in [0.1, 0.15) is 6.92 Å². The normalized spacial score (nSPS) is 12.9. The molecular formula is C7H9BrN2OS. The number of thioether (sulfide) groups is 1. The van der Waals surface area contributed by atoms with Gasteiger partial charge < -0.3 is 5.11 Å². The molecule has 0 bridgehead atoms. The van der Waals surface area contributed by atoms with Gasteiger partial charge in [0.2, 0.25) is 0 Å². The quantitative estimate of drug-likeness (QED) is 0.654. The fourth-order valence-corrected chi connectivity index (χ4v) is 1.86. The molecule has 0 spiro atoms. The highest BCUT2D eigenvalue weighted by Crippen LogP contribution is 2.21. The molecule has 1 unspecified atom stereocenters. The molecule has 1 heterocycles. The summed E-state index contributed by atoms with van der Waals surface area (Å²) < 4.78 is 0.769. The molecule has 12 heavy (non-hydrogen) atoms. The van der Waals surface area contributed by atoms with Gasteiger partial charge in [0, 0.05) is 11.3 Å². The molecule has 1 atom stereocenters. The minimum atomic E-state index is 0.159. The van der Waals surface area contributed by atoms with Gasteiger partial charge in [0.25, 0.3) is 0 Å². The number of hydrogen-bond donors (Lipinski definition) is 1. The molecule has 3 nitrogen and oxygen atoms in total. The SMILES string of the molecule is CC(CO)Sc1cc(Br)ncn1. The number of nitrogens with zero attached hydrogens (tertiary/aromatic N) is 2. The highest BCUT2D eigenvalue weighted by atomic mass is 79.9. The van der Waals surface area contributed by atoms with Gasteiger partial charge >= 0.3 is 0 Å². The van der Waals surface area contributed by atoms with E-state index in [1.165, 1.54) is 18.1 Å². The van der Waals surface area contributed by atoms with E-state index in [9.17, 15) is 0 Å². The predicted octanol–water partition coefficient (Wildman–Crippen LogP) is 1.71. The summed E-state index contributed by atoms with van der Waals surface area (Å²) in [5, 5.41) is 9.84. The van der Waals surface area contributed by atoms with E-state index in [1.807, 2.05) is 13.0 Å². The smallest absolute Gasteiger partial charge is 0.118 e. The zero-order valence-electron chi connectivity index (χ0n) is 6.57. The first-order valence-corrected chi connectivity index (χ1v) is 5.14. The fourth-order valence-electron chi connectivity index (χ4n) is 0.625. The van der Waals surface area contributed by atoms with Crippen molar-refractivity contribution >= 4 is 27.7 Å². The molecule has 1 aromatic rings. The molecule has 0 saturated carbocycles. The lowest BCUT2D eigenvalue weighted by Crippen LogP contribution is -2.02. The van der Waals surface area contributed by atoms with Crippen LogP contribution in [0.3, 0.4) is 0 Å². The first kappa shape index (κ1) is 9.95. The lowest BCUT2D eigenvalue weighted by molar-refractivity contribution is 0.300. The van der Waals surface area contributed by atoms with Crippen LogP contribution in [0.25, 0.3) is 0 Å². The molecule has 0 aliphatic rings. The Balaban J connectivity index is 2.63. The molecule has 1 aromatic heterocycles. The van der Waals surface area contributed by atoms with Gasteiger partial charge in [0.15, 0.2) is 0 Å². The van der Waals surface area contributed by atoms with Gasteiger partial charge in [-0.05, 0) is 15.9 Å². The van der Waals surface area contributed by atoms with Crippen molar-refractivity contribution in [3.63, 3.8) is 0 Å². The maximum absolute atomic E-state index is 8.79. The van der Waals surface area contributed by atoms with Gasteiger partial charge in [-0.3, -0.25) is 0 Å². The number of hydrogen-bond acceptors (Lipinski definition) is 4. The Kier molecular flexibility index (Phi) is 3.97. The van der Waals surface area contributed by atoms with Crippen molar-refractivity contribution in [1.29, 1.82) is 0 Å². The highest BCUT2D eigenvalue weighted by molar-refractivity contribution is 9.10. The van der Waals surface area contributed by atoms with E-state index in [0.29, 0.717) is 0 Å². The number of rotatable bonds is 3. The third-order valence-corrected chi connectivity index (χ3v) is 2.64. The second-order valence-corrected chi connectivity index (χ2v) is 4.56. The Morgan fingerprint density at radius 3 is 3.00 bits per heavy atom. The van der Waals surface area contributed by atoms with Crippen molar-refractivity contribution < 1.29 is 5.11 Å². The molecule has 0 aliphatic heterocycles. The van der Waals surface area contributed by atoms with Crippen LogP contribution >= 0.6 is 27.7 Å². The number of aliphatic hydroxyl groups is 1. The lowest BCUT2D eigenvalue weighted by atomic mass is 10.5. The van der Waals surface area contributed by atoms with Crippen molar-refractivity contribution in [2.24, 2.45) is 0 Å². The number of aliphatic hydroxyl groups excluding tert-OH is 1. The number of halogens is 1. The van der Waals surface area contributed by atoms with Gasteiger partial charge in [-0.2, -0.15) is 0 Å². The van der Waals surface area contributed by atoms with Crippen molar-refractivity contribution in [3.8, 4) is 0 Å². The van der Waals surface area contributed by atoms with E-state index in [0.717, 1.165) is 9.63 Å². The van der Waals surface area contributed by atoms with E-state index < -0.39 is 0 Å². The van der Waals surface area contributed by atoms with Crippen LogP contribution in [0.5, 0.6) is 0 Å². The third-order valence-electron chi connectivity index (χ3n) is 1.19. The third kappa shape index (κ3) is 3.08. The first-order chi connectivity index (χ1) is 5.72. The molecule has 0 fully saturated rings. The molecular weight excluding hydrogens is 240 g/mol. The monoisotopic (exact) mass is 248 g/mol. The lowest BCUT2D eigenvalue weighted by Gasteiger charge is -2.05. The summed E-state index contributed by atoms with van der Waals surface area (Å²) in [6, 6.07) is 1.83. The average molecular weight is 249 g/mol. The maximum Gasteiger partial charge on any atom is 0.118 e. The Hall–Kier alpha value is -0.130. The van der Waals surface area contributed by atoms with Gasteiger partial charge in [-0.25, -0.2) is 9.97 Å². The molecule has 0 aliphatic carbocycles. The van der Waals surface area contributed by atoms with Crippen LogP contribution < -0.4 is 0 Å². The molecule has 0 saturated heterocycles. The Bertz CT molecular complexity index is 259. The summed E-state index contributed by atoms with van der Waals surface area (Å²) in [6.07, 6.45) is 1.50. The zero-order chi connectivity index (χ0) is 8.97. The van der Waals surface area contributed by atoms with Crippen molar-refractivity contribution in [3.05, 3.63) is 17.0 Å². The van der Waals surface area contributed by atoms with Gasteiger partial charge in [0.05, 0.1) is 6.61 Å². The largest absolute Gasteiger partial charge is 0.395 e. The molecule has 0 amide bonds. The summed E-state index contributed by atoms with van der Waals surface area (Å²) >= 11 is 4.77. The molecule has 0 aromatic carbocycles. The van der Waals surface area contributed by atoms with Crippen molar-refractivity contribution in [2.45, 2.75) is 17.2 Å². The first-order valence-electron chi connectivity index (χ1n) is 3.47. The average Bonchev–Trinajstić information content (AvgIpc) is 2.04. The van der Waals surface area contributed by atoms with Crippen molar-refractivity contribution in [2.75, 3.05) is 6.61 Å².